The van der Waals surface area contributed by atoms with E-state index in [9.17, 15) is 43.1 Å². The Labute approximate surface area is 409 Å². The summed E-state index contributed by atoms with van der Waals surface area (Å²) in [6.45, 7) is 12.4. The molecule has 0 radical (unpaired) electrons. The number of nitrogens with one attached hydrogen (secondary N) is 1. The lowest BCUT2D eigenvalue weighted by Crippen LogP contribution is -2.56. The number of carbonyl (C=O) groups is 6. The maximum Gasteiger partial charge on any atom is 0.347 e. The van der Waals surface area contributed by atoms with Gasteiger partial charge in [-0.15, -0.1) is 0 Å². The van der Waals surface area contributed by atoms with Gasteiger partial charge in [0, 0.05) is 99.6 Å². The average Bonchev–Trinajstić information content (AvgIpc) is 3.93. The highest BCUT2D eigenvalue weighted by Crippen LogP contribution is 2.41. The number of methoxy groups -OCH3 is 2. The van der Waals surface area contributed by atoms with E-state index in [1.165, 1.54) is 31.3 Å². The summed E-state index contributed by atoms with van der Waals surface area (Å²) in [6, 6.07) is 7.00. The Morgan fingerprint density at radius 3 is 2.04 bits per heavy atom. The molecule has 6 amide bonds. The third-order valence-corrected chi connectivity index (χ3v) is 15.0. The van der Waals surface area contributed by atoms with Crippen LogP contribution in [-0.2, 0) is 49.2 Å². The number of unbranched alkanes of at least 4 members (excludes halogenated alkanes) is 2. The van der Waals surface area contributed by atoms with Gasteiger partial charge in [-0.25, -0.2) is 4.99 Å². The number of aliphatic imine (C=N–C) groups is 1. The van der Waals surface area contributed by atoms with Gasteiger partial charge in [-0.05, 0) is 43.1 Å². The lowest BCUT2D eigenvalue weighted by molar-refractivity contribution is -0.146. The third kappa shape index (κ3) is 15.4. The lowest BCUT2D eigenvalue weighted by atomic mass is 9.89. The van der Waals surface area contributed by atoms with Gasteiger partial charge in [-0.1, -0.05) is 77.8 Å². The molecular formula is C49H79N8O11P. The van der Waals surface area contributed by atoms with Crippen LogP contribution in [0.2, 0.25) is 0 Å². The van der Waals surface area contributed by atoms with Crippen LogP contribution in [0.1, 0.15) is 91.5 Å². The molecule has 20 heteroatoms. The van der Waals surface area contributed by atoms with E-state index in [1.807, 2.05) is 51.6 Å². The predicted octanol–water partition coefficient (Wildman–Crippen LogP) is 3.34. The molecule has 3 heterocycles. The molecule has 2 saturated heterocycles. The van der Waals surface area contributed by atoms with Crippen molar-refractivity contribution in [1.29, 1.82) is 0 Å². The fourth-order valence-electron chi connectivity index (χ4n) is 9.68. The molecule has 2 fully saturated rings. The van der Waals surface area contributed by atoms with E-state index in [0.717, 1.165) is 6.42 Å². The van der Waals surface area contributed by atoms with E-state index in [4.69, 9.17) is 14.5 Å². The number of hydrogen-bond donors (Lipinski definition) is 3. The van der Waals surface area contributed by atoms with Gasteiger partial charge in [-0.3, -0.25) is 38.2 Å². The number of piperazine rings is 1. The fraction of sp³-hybridized carbons (Fsp3) is 0.694. The minimum Gasteiger partial charge on any atom is -0.379 e. The molecule has 3 N–H and O–H groups in total. The Bertz CT molecular complexity index is 1990. The summed E-state index contributed by atoms with van der Waals surface area (Å²) in [6.07, 6.45) is 5.26. The second kappa shape index (κ2) is 26.5. The van der Waals surface area contributed by atoms with Crippen LogP contribution >= 0.6 is 7.60 Å². The van der Waals surface area contributed by atoms with E-state index < -0.39 is 55.5 Å². The topological polar surface area (TPSA) is 222 Å². The molecule has 0 saturated carbocycles. The number of rotatable bonds is 24. The summed E-state index contributed by atoms with van der Waals surface area (Å²) in [5, 5.41) is 2.57. The van der Waals surface area contributed by atoms with Gasteiger partial charge in [0.1, 0.15) is 11.8 Å². The van der Waals surface area contributed by atoms with Gasteiger partial charge < -0.3 is 49.1 Å². The zero-order chi connectivity index (χ0) is 51.2. The van der Waals surface area contributed by atoms with Crippen LogP contribution in [0.15, 0.2) is 47.5 Å². The van der Waals surface area contributed by atoms with Crippen molar-refractivity contribution in [2.45, 2.75) is 129 Å². The molecule has 0 aromatic heterocycles. The highest BCUT2D eigenvalue weighted by molar-refractivity contribution is 7.52. The van der Waals surface area contributed by atoms with Gasteiger partial charge >= 0.3 is 7.60 Å². The SMILES string of the molecule is CC[C@H](C)[C@@H]([C@@H](CC(=O)N1CCC[C@H]1[C@H](OC)[C@@H](C)C(=O)N[C@@H](Cc1ccccc1)P(=O)(O)O)OC)N(C)C(=O)[C@@H](/N=C(\N(C)C)N1CCN(C(=O)CCCCCN2C(=O)C=CC2=O)CC1)C(C)C. The Balaban J connectivity index is 1.42. The molecule has 19 nitrogen and oxygen atoms in total. The van der Waals surface area contributed by atoms with Crippen molar-refractivity contribution in [3.05, 3.63) is 48.0 Å². The molecule has 3 aliphatic rings. The summed E-state index contributed by atoms with van der Waals surface area (Å²) in [5.74, 6) is -3.53. The first kappa shape index (κ1) is 56.9. The largest absolute Gasteiger partial charge is 0.379 e. The molecule has 1 aromatic carbocycles. The summed E-state index contributed by atoms with van der Waals surface area (Å²) in [5.41, 5.74) is 0.658. The van der Waals surface area contributed by atoms with Crippen molar-refractivity contribution in [3.63, 3.8) is 0 Å². The minimum atomic E-state index is -4.74. The molecule has 8 atom stereocenters. The smallest absolute Gasteiger partial charge is 0.347 e. The number of benzene rings is 1. The van der Waals surface area contributed by atoms with Gasteiger partial charge in [0.2, 0.25) is 23.6 Å². The van der Waals surface area contributed by atoms with Gasteiger partial charge in [0.25, 0.3) is 11.8 Å². The van der Waals surface area contributed by atoms with Gasteiger partial charge in [0.15, 0.2) is 5.96 Å². The second-order valence-corrected chi connectivity index (χ2v) is 21.0. The quantitative estimate of drug-likeness (QED) is 0.0446. The number of nitrogens with zero attached hydrogens (tertiary/aromatic N) is 7. The van der Waals surface area contributed by atoms with Crippen molar-refractivity contribution >= 4 is 49.0 Å². The summed E-state index contributed by atoms with van der Waals surface area (Å²) in [4.78, 5) is 115. The molecule has 3 aliphatic heterocycles. The Kier molecular flexibility index (Phi) is 21.9. The zero-order valence-corrected chi connectivity index (χ0v) is 43.4. The zero-order valence-electron chi connectivity index (χ0n) is 42.5. The second-order valence-electron chi connectivity index (χ2n) is 19.2. The average molecular weight is 987 g/mol. The van der Waals surface area contributed by atoms with E-state index in [0.29, 0.717) is 89.3 Å². The van der Waals surface area contributed by atoms with Crippen molar-refractivity contribution in [1.82, 2.24) is 34.7 Å². The Morgan fingerprint density at radius 2 is 1.49 bits per heavy atom. The highest BCUT2D eigenvalue weighted by Gasteiger charge is 2.44. The van der Waals surface area contributed by atoms with Crippen LogP contribution in [0.25, 0.3) is 0 Å². The standard InChI is InChI=1S/C49H79N8O11P/c1-11-34(4)45(38(67-9)32-43(61)56-26-18-21-37(56)46(68-10)35(5)47(62)50-39(69(64,65)66)31-36-19-14-12-15-20-36)53(8)48(63)44(33(2)3)51-49(52(6)7)55-29-27-54(28-30-55)40(58)22-16-13-17-25-57-41(59)23-24-42(57)60/h12,14-15,19-20,23-24,33-35,37-39,44-46H,11,13,16-18,21-22,25-32H2,1-10H3,(H,50,62)(H2,64,65,66)/b51-49+/t34-,35+,37-,38+,39+,44-,45-,46+/m0/s1. The molecular weight excluding hydrogens is 908 g/mol. The van der Waals surface area contributed by atoms with Crippen LogP contribution in [0.5, 0.6) is 0 Å². The van der Waals surface area contributed by atoms with Gasteiger partial charge in [-0.2, -0.15) is 0 Å². The van der Waals surface area contributed by atoms with Crippen LogP contribution in [0.3, 0.4) is 0 Å². The van der Waals surface area contributed by atoms with Gasteiger partial charge in [0.05, 0.1) is 36.6 Å². The first-order chi connectivity index (χ1) is 32.6. The highest BCUT2D eigenvalue weighted by atomic mass is 31.2. The van der Waals surface area contributed by atoms with E-state index in [-0.39, 0.29) is 54.2 Å². The van der Waals surface area contributed by atoms with Crippen LogP contribution < -0.4 is 5.32 Å². The summed E-state index contributed by atoms with van der Waals surface area (Å²) >= 11 is 0. The van der Waals surface area contributed by atoms with Crippen molar-refractivity contribution in [3.8, 4) is 0 Å². The van der Waals surface area contributed by atoms with Crippen LogP contribution in [-0.4, -0.2) is 191 Å². The Hall–Kier alpha value is -4.68. The molecule has 69 heavy (non-hydrogen) atoms. The number of guanidine groups is 1. The lowest BCUT2D eigenvalue weighted by Gasteiger charge is -2.41. The number of likely N-dealkylation sites (N-methyl/N-ethyl adjacent to an activating group) is 1. The monoisotopic (exact) mass is 987 g/mol. The first-order valence-corrected chi connectivity index (χ1v) is 26.2. The molecule has 1 aromatic rings. The molecule has 0 unspecified atom stereocenters. The predicted molar refractivity (Wildman–Crippen MR) is 262 cm³/mol. The number of carbonyl (C=O) groups excluding carboxylic acids is 6. The third-order valence-electron chi connectivity index (χ3n) is 13.9. The molecule has 0 spiro atoms. The summed E-state index contributed by atoms with van der Waals surface area (Å²) < 4.78 is 24.5. The maximum absolute atomic E-state index is 14.7. The number of ether oxygens (including phenoxy) is 2. The maximum atomic E-state index is 14.7. The first-order valence-electron chi connectivity index (χ1n) is 24.5. The van der Waals surface area contributed by atoms with Crippen molar-refractivity contribution in [2.75, 3.05) is 74.6 Å². The minimum absolute atomic E-state index is 0.0477. The Morgan fingerprint density at radius 1 is 0.870 bits per heavy atom. The van der Waals surface area contributed by atoms with E-state index in [1.54, 1.807) is 54.1 Å². The number of imide groups is 1. The van der Waals surface area contributed by atoms with Crippen molar-refractivity contribution < 1.29 is 52.6 Å². The normalized spacial score (nSPS) is 19.9. The number of likely N-dealkylation sites (tertiary alicyclic amines) is 1. The van der Waals surface area contributed by atoms with E-state index in [2.05, 4.69) is 10.2 Å². The fourth-order valence-corrected chi connectivity index (χ4v) is 10.4. The van der Waals surface area contributed by atoms with Crippen LogP contribution in [0.4, 0.5) is 0 Å². The molecule has 0 aliphatic carbocycles. The number of hydrogen-bond acceptors (Lipinski definition) is 10. The molecule has 0 bridgehead atoms. The summed E-state index contributed by atoms with van der Waals surface area (Å²) in [7, 11) is 3.77. The van der Waals surface area contributed by atoms with Crippen LogP contribution in [0, 0.1) is 17.8 Å². The van der Waals surface area contributed by atoms with E-state index >= 15 is 0 Å². The number of amides is 6. The van der Waals surface area contributed by atoms with Crippen molar-refractivity contribution in [2.24, 2.45) is 22.7 Å². The molecule has 386 valence electrons. The molecule has 4 rings (SSSR count).